The van der Waals surface area contributed by atoms with Gasteiger partial charge in [-0.15, -0.1) is 0 Å². The van der Waals surface area contributed by atoms with Gasteiger partial charge in [0.1, 0.15) is 0 Å². The molecular weight excluding hydrogens is 288 g/mol. The molecule has 0 unspecified atom stereocenters. The van der Waals surface area contributed by atoms with E-state index in [9.17, 15) is 0 Å². The fourth-order valence-corrected chi connectivity index (χ4v) is 3.18. The summed E-state index contributed by atoms with van der Waals surface area (Å²) in [6.45, 7) is 20.5. The van der Waals surface area contributed by atoms with Gasteiger partial charge in [-0.3, -0.25) is 0 Å². The van der Waals surface area contributed by atoms with Gasteiger partial charge in [-0.05, 0) is 46.9 Å². The maximum absolute atomic E-state index is 2.40. The van der Waals surface area contributed by atoms with Crippen molar-refractivity contribution in [3.8, 4) is 0 Å². The predicted molar refractivity (Wildman–Crippen MR) is 107 cm³/mol. The van der Waals surface area contributed by atoms with Crippen molar-refractivity contribution in [2.45, 2.75) is 79.1 Å². The first-order valence-electron chi connectivity index (χ1n) is 9.12. The van der Waals surface area contributed by atoms with Gasteiger partial charge in [0.15, 0.2) is 0 Å². The second-order valence-corrected chi connectivity index (χ2v) is 9.49. The molecule has 2 rings (SSSR count). The minimum absolute atomic E-state index is 0.184. The molecule has 0 spiro atoms. The Balaban J connectivity index is 2.51. The second kappa shape index (κ2) is 6.39. The summed E-state index contributed by atoms with van der Waals surface area (Å²) in [5.74, 6) is 0.409. The molecule has 0 saturated carbocycles. The van der Waals surface area contributed by atoms with Crippen LogP contribution in [0.2, 0.25) is 0 Å². The van der Waals surface area contributed by atoms with E-state index in [-0.39, 0.29) is 10.8 Å². The van der Waals surface area contributed by atoms with Gasteiger partial charge in [0, 0.05) is 5.92 Å². The summed E-state index contributed by atoms with van der Waals surface area (Å²) in [4.78, 5) is 0. The number of hydrogen-bond acceptors (Lipinski definition) is 0. The summed E-state index contributed by atoms with van der Waals surface area (Å²) in [6, 6.07) is 14.1. The van der Waals surface area contributed by atoms with Crippen molar-refractivity contribution in [3.63, 3.8) is 0 Å². The lowest BCUT2D eigenvalue weighted by atomic mass is 9.80. The van der Waals surface area contributed by atoms with Crippen LogP contribution >= 0.6 is 0 Å². The molecule has 130 valence electrons. The van der Waals surface area contributed by atoms with Gasteiger partial charge >= 0.3 is 0 Å². The Hall–Kier alpha value is -1.56. The Morgan fingerprint density at radius 3 is 1.21 bits per heavy atom. The van der Waals surface area contributed by atoms with Crippen LogP contribution in [0, 0.1) is 13.8 Å². The maximum Gasteiger partial charge on any atom is 0.00614 e. The molecule has 0 heteroatoms. The van der Waals surface area contributed by atoms with Gasteiger partial charge in [0.2, 0.25) is 0 Å². The molecule has 0 fully saturated rings. The van der Waals surface area contributed by atoms with Gasteiger partial charge in [0.25, 0.3) is 0 Å². The SMILES string of the molecule is Cc1cc(C(C)c2cc(C)cc(C(C)(C)C)c2)cc(C(C)(C)C)c1. The van der Waals surface area contributed by atoms with E-state index >= 15 is 0 Å². The molecule has 0 nitrogen and oxygen atoms in total. The molecule has 0 radical (unpaired) electrons. The van der Waals surface area contributed by atoms with Crippen molar-refractivity contribution in [2.75, 3.05) is 0 Å². The summed E-state index contributed by atoms with van der Waals surface area (Å²) in [5.41, 5.74) is 8.77. The van der Waals surface area contributed by atoms with E-state index in [1.807, 2.05) is 0 Å². The van der Waals surface area contributed by atoms with Crippen molar-refractivity contribution < 1.29 is 0 Å². The molecule has 0 aromatic heterocycles. The Bertz CT molecular complexity index is 657. The lowest BCUT2D eigenvalue weighted by Gasteiger charge is -2.25. The predicted octanol–water partition coefficient (Wildman–Crippen LogP) is 7.05. The third-order valence-corrected chi connectivity index (χ3v) is 4.93. The standard InChI is InChI=1S/C24H34/c1-16-10-19(14-21(12-16)23(4,5)6)18(3)20-11-17(2)13-22(15-20)24(7,8)9/h10-15,18H,1-9H3. The molecule has 0 N–H and O–H groups in total. The Morgan fingerprint density at radius 1 is 0.583 bits per heavy atom. The molecule has 0 heterocycles. The van der Waals surface area contributed by atoms with Crippen LogP contribution in [-0.2, 0) is 10.8 Å². The van der Waals surface area contributed by atoms with E-state index in [1.165, 1.54) is 33.4 Å². The molecule has 24 heavy (non-hydrogen) atoms. The highest BCUT2D eigenvalue weighted by Gasteiger charge is 2.19. The van der Waals surface area contributed by atoms with Crippen LogP contribution in [0.4, 0.5) is 0 Å². The van der Waals surface area contributed by atoms with E-state index in [0.717, 1.165) is 0 Å². The first-order valence-corrected chi connectivity index (χ1v) is 9.12. The first kappa shape index (κ1) is 18.8. The Kier molecular flexibility index (Phi) is 5.00. The maximum atomic E-state index is 2.40. The van der Waals surface area contributed by atoms with E-state index < -0.39 is 0 Å². The molecule has 0 amide bonds. The van der Waals surface area contributed by atoms with Crippen LogP contribution in [-0.4, -0.2) is 0 Å². The van der Waals surface area contributed by atoms with Crippen molar-refractivity contribution in [2.24, 2.45) is 0 Å². The highest BCUT2D eigenvalue weighted by Crippen LogP contribution is 2.33. The Labute approximate surface area is 149 Å². The summed E-state index contributed by atoms with van der Waals surface area (Å²) >= 11 is 0. The normalized spacial score (nSPS) is 12.8. The van der Waals surface area contributed by atoms with Crippen LogP contribution in [0.5, 0.6) is 0 Å². The summed E-state index contributed by atoms with van der Waals surface area (Å²) in [5, 5.41) is 0. The topological polar surface area (TPSA) is 0 Å². The van der Waals surface area contributed by atoms with Gasteiger partial charge < -0.3 is 0 Å². The third kappa shape index (κ3) is 4.29. The lowest BCUT2D eigenvalue weighted by Crippen LogP contribution is -2.14. The van der Waals surface area contributed by atoms with E-state index in [4.69, 9.17) is 0 Å². The van der Waals surface area contributed by atoms with Gasteiger partial charge in [0.05, 0.1) is 0 Å². The number of aryl methyl sites for hydroxylation is 2. The Morgan fingerprint density at radius 2 is 0.917 bits per heavy atom. The zero-order valence-electron chi connectivity index (χ0n) is 17.0. The number of rotatable bonds is 2. The summed E-state index contributed by atoms with van der Waals surface area (Å²) < 4.78 is 0. The molecule has 0 aliphatic carbocycles. The van der Waals surface area contributed by atoms with Crippen LogP contribution in [0.15, 0.2) is 36.4 Å². The molecule has 0 atom stereocenters. The average Bonchev–Trinajstić information content (AvgIpc) is 2.43. The van der Waals surface area contributed by atoms with Gasteiger partial charge in [-0.25, -0.2) is 0 Å². The quantitative estimate of drug-likeness (QED) is 0.555. The van der Waals surface area contributed by atoms with Gasteiger partial charge in [-0.1, -0.05) is 96.0 Å². The summed E-state index contributed by atoms with van der Waals surface area (Å²) in [7, 11) is 0. The van der Waals surface area contributed by atoms with Crippen LogP contribution in [0.1, 0.15) is 87.8 Å². The largest absolute Gasteiger partial charge is 0.0561 e. The molecule has 0 aliphatic heterocycles. The highest BCUT2D eigenvalue weighted by molar-refractivity contribution is 5.42. The van der Waals surface area contributed by atoms with E-state index in [0.29, 0.717) is 5.92 Å². The zero-order chi connectivity index (χ0) is 18.3. The molecule has 0 bridgehead atoms. The van der Waals surface area contributed by atoms with Crippen molar-refractivity contribution in [3.05, 3.63) is 69.8 Å². The van der Waals surface area contributed by atoms with Crippen LogP contribution < -0.4 is 0 Å². The molecular formula is C24H34. The average molecular weight is 323 g/mol. The first-order chi connectivity index (χ1) is 10.9. The lowest BCUT2D eigenvalue weighted by molar-refractivity contribution is 0.587. The smallest absolute Gasteiger partial charge is 0.00614 e. The number of hydrogen-bond donors (Lipinski definition) is 0. The fourth-order valence-electron chi connectivity index (χ4n) is 3.18. The zero-order valence-corrected chi connectivity index (χ0v) is 17.0. The minimum Gasteiger partial charge on any atom is -0.0561 e. The fraction of sp³-hybridized carbons (Fsp3) is 0.500. The molecule has 2 aromatic carbocycles. The van der Waals surface area contributed by atoms with Crippen molar-refractivity contribution in [1.82, 2.24) is 0 Å². The van der Waals surface area contributed by atoms with Crippen LogP contribution in [0.25, 0.3) is 0 Å². The van der Waals surface area contributed by atoms with Crippen molar-refractivity contribution >= 4 is 0 Å². The number of benzene rings is 2. The highest BCUT2D eigenvalue weighted by atomic mass is 14.2. The van der Waals surface area contributed by atoms with Crippen molar-refractivity contribution in [1.29, 1.82) is 0 Å². The van der Waals surface area contributed by atoms with E-state index in [2.05, 4.69) is 98.7 Å². The molecule has 0 saturated heterocycles. The summed E-state index contributed by atoms with van der Waals surface area (Å²) in [6.07, 6.45) is 0. The molecule has 0 aliphatic rings. The second-order valence-electron chi connectivity index (χ2n) is 9.49. The minimum atomic E-state index is 0.184. The van der Waals surface area contributed by atoms with Crippen LogP contribution in [0.3, 0.4) is 0 Å². The third-order valence-electron chi connectivity index (χ3n) is 4.93. The van der Waals surface area contributed by atoms with E-state index in [1.54, 1.807) is 0 Å². The van der Waals surface area contributed by atoms with Gasteiger partial charge in [-0.2, -0.15) is 0 Å². The monoisotopic (exact) mass is 322 g/mol. The molecule has 2 aromatic rings.